The number of aromatic nitrogens is 2. The number of allylic oxidation sites excluding steroid dienone is 1. The maximum Gasteiger partial charge on any atom is 0.303 e. The molecule has 5 aromatic rings. The number of carbonyl (C=O) groups is 4. The van der Waals surface area contributed by atoms with E-state index in [1.54, 1.807) is 7.11 Å². The number of benzene rings is 3. The van der Waals surface area contributed by atoms with Crippen LogP contribution in [0.3, 0.4) is 0 Å². The number of methoxy groups -OCH3 is 1. The van der Waals surface area contributed by atoms with Crippen LogP contribution in [0.4, 0.5) is 0 Å². The molecular weight excluding hydrogens is 498 g/mol. The first-order chi connectivity index (χ1) is 18.8. The second-order valence-electron chi connectivity index (χ2n) is 9.95. The third-order valence-corrected chi connectivity index (χ3v) is 7.72. The first-order valence-electron chi connectivity index (χ1n) is 12.6. The highest BCUT2D eigenvalue weighted by Crippen LogP contribution is 2.47. The quantitative estimate of drug-likeness (QED) is 0.203. The SMILES string of the molecule is COc1ccc2c(c1)c1c3c(c4c5ccccc5[nH]c4c1n2C1C=C[C@@H](OC(C)=O)C1)C(=O)N(C(C)=O)C3=O. The normalized spacial score (nSPS) is 18.7. The van der Waals surface area contributed by atoms with Gasteiger partial charge in [-0.2, -0.15) is 0 Å². The van der Waals surface area contributed by atoms with Gasteiger partial charge in [-0.15, -0.1) is 0 Å². The second-order valence-corrected chi connectivity index (χ2v) is 9.95. The lowest BCUT2D eigenvalue weighted by Crippen LogP contribution is -2.34. The largest absolute Gasteiger partial charge is 0.497 e. The van der Waals surface area contributed by atoms with Gasteiger partial charge in [-0.25, -0.2) is 4.90 Å². The van der Waals surface area contributed by atoms with Crippen molar-refractivity contribution < 1.29 is 28.7 Å². The summed E-state index contributed by atoms with van der Waals surface area (Å²) in [6.07, 6.45) is 3.99. The highest BCUT2D eigenvalue weighted by Gasteiger charge is 2.44. The van der Waals surface area contributed by atoms with Crippen LogP contribution in [-0.2, 0) is 14.3 Å². The fourth-order valence-electron chi connectivity index (χ4n) is 6.26. The molecule has 9 nitrogen and oxygen atoms in total. The molecule has 1 N–H and O–H groups in total. The van der Waals surface area contributed by atoms with Crippen molar-refractivity contribution in [3.63, 3.8) is 0 Å². The molecule has 0 fully saturated rings. The number of fused-ring (bicyclic) bond motifs is 10. The van der Waals surface area contributed by atoms with Crippen LogP contribution in [0.2, 0.25) is 0 Å². The first-order valence-corrected chi connectivity index (χ1v) is 12.6. The molecule has 2 aliphatic rings. The fraction of sp³-hybridized carbons (Fsp3) is 0.200. The first kappa shape index (κ1) is 23.2. The van der Waals surface area contributed by atoms with E-state index in [1.165, 1.54) is 13.8 Å². The van der Waals surface area contributed by atoms with E-state index in [0.29, 0.717) is 28.5 Å². The predicted molar refractivity (Wildman–Crippen MR) is 145 cm³/mol. The van der Waals surface area contributed by atoms with Gasteiger partial charge in [-0.3, -0.25) is 19.2 Å². The van der Waals surface area contributed by atoms with Crippen LogP contribution in [-0.4, -0.2) is 51.4 Å². The van der Waals surface area contributed by atoms with Crippen molar-refractivity contribution in [1.29, 1.82) is 0 Å². The number of rotatable bonds is 3. The molecule has 2 aromatic heterocycles. The standard InChI is InChI=1S/C30H23N3O6/c1-14(34)32-29(36)25-23-19-6-4-5-7-21(19)31-27(23)28-24(26(25)30(32)37)20-13-17(38-3)10-11-22(20)33(28)16-8-9-18(12-16)39-15(2)35/h4-11,13,16,18,31H,12H2,1-3H3/t16?,18-/m1/s1. The molecule has 1 aliphatic heterocycles. The minimum absolute atomic E-state index is 0.202. The summed E-state index contributed by atoms with van der Waals surface area (Å²) in [6.45, 7) is 2.60. The Kier molecular flexibility index (Phi) is 4.78. The van der Waals surface area contributed by atoms with E-state index in [2.05, 4.69) is 9.55 Å². The molecule has 9 heteroatoms. The van der Waals surface area contributed by atoms with Gasteiger partial charge in [0, 0.05) is 47.3 Å². The number of amides is 3. The molecule has 0 saturated carbocycles. The van der Waals surface area contributed by atoms with E-state index < -0.39 is 17.7 Å². The molecule has 3 amide bonds. The number of hydrogen-bond donors (Lipinski definition) is 1. The lowest BCUT2D eigenvalue weighted by atomic mass is 9.96. The van der Waals surface area contributed by atoms with Crippen LogP contribution < -0.4 is 4.74 Å². The van der Waals surface area contributed by atoms with E-state index in [-0.39, 0.29) is 29.2 Å². The van der Waals surface area contributed by atoms with Crippen molar-refractivity contribution in [3.05, 3.63) is 65.7 Å². The Morgan fingerprint density at radius 2 is 1.69 bits per heavy atom. The highest BCUT2D eigenvalue weighted by atomic mass is 16.5. The van der Waals surface area contributed by atoms with E-state index in [9.17, 15) is 19.2 Å². The molecule has 3 heterocycles. The third-order valence-electron chi connectivity index (χ3n) is 7.72. The lowest BCUT2D eigenvalue weighted by Gasteiger charge is -2.17. The molecular formula is C30H23N3O6. The Hall–Kier alpha value is -4.92. The summed E-state index contributed by atoms with van der Waals surface area (Å²) in [7, 11) is 1.57. The number of nitrogens with one attached hydrogen (secondary N) is 1. The van der Waals surface area contributed by atoms with E-state index >= 15 is 0 Å². The molecule has 194 valence electrons. The Balaban J connectivity index is 1.68. The molecule has 0 radical (unpaired) electrons. The summed E-state index contributed by atoms with van der Waals surface area (Å²) in [5, 5.41) is 2.68. The average molecular weight is 522 g/mol. The maximum atomic E-state index is 13.8. The van der Waals surface area contributed by atoms with Gasteiger partial charge in [0.25, 0.3) is 11.8 Å². The number of imide groups is 3. The van der Waals surface area contributed by atoms with Gasteiger partial charge in [0.2, 0.25) is 5.91 Å². The van der Waals surface area contributed by atoms with Gasteiger partial charge in [-0.05, 0) is 30.3 Å². The number of nitrogens with zero attached hydrogens (tertiary/aromatic N) is 2. The lowest BCUT2D eigenvalue weighted by molar-refractivity contribution is -0.144. The molecule has 3 aromatic carbocycles. The molecule has 1 aliphatic carbocycles. The number of hydrogen-bond acceptors (Lipinski definition) is 6. The zero-order valence-electron chi connectivity index (χ0n) is 21.4. The van der Waals surface area contributed by atoms with Crippen LogP contribution in [0.25, 0.3) is 43.6 Å². The van der Waals surface area contributed by atoms with Crippen LogP contribution >= 0.6 is 0 Å². The van der Waals surface area contributed by atoms with Crippen molar-refractivity contribution in [2.75, 3.05) is 7.11 Å². The van der Waals surface area contributed by atoms with Crippen molar-refractivity contribution in [2.24, 2.45) is 0 Å². The number of H-pyrrole nitrogens is 1. The van der Waals surface area contributed by atoms with Crippen LogP contribution in [0.1, 0.15) is 47.0 Å². The average Bonchev–Trinajstić information content (AvgIpc) is 3.64. The smallest absolute Gasteiger partial charge is 0.303 e. The summed E-state index contributed by atoms with van der Waals surface area (Å²) in [6, 6.07) is 13.0. The number of aromatic amines is 1. The van der Waals surface area contributed by atoms with Crippen LogP contribution in [0, 0.1) is 0 Å². The van der Waals surface area contributed by atoms with Crippen LogP contribution in [0.5, 0.6) is 5.75 Å². The topological polar surface area (TPSA) is 111 Å². The summed E-state index contributed by atoms with van der Waals surface area (Å²) < 4.78 is 13.1. The van der Waals surface area contributed by atoms with Crippen molar-refractivity contribution >= 4 is 67.3 Å². The van der Waals surface area contributed by atoms with Crippen molar-refractivity contribution in [2.45, 2.75) is 32.4 Å². The summed E-state index contributed by atoms with van der Waals surface area (Å²) >= 11 is 0. The minimum Gasteiger partial charge on any atom is -0.497 e. The molecule has 39 heavy (non-hydrogen) atoms. The monoisotopic (exact) mass is 521 g/mol. The molecule has 0 saturated heterocycles. The van der Waals surface area contributed by atoms with Gasteiger partial charge in [0.15, 0.2) is 0 Å². The Morgan fingerprint density at radius 3 is 2.41 bits per heavy atom. The van der Waals surface area contributed by atoms with Gasteiger partial charge in [0.05, 0.1) is 40.8 Å². The number of esters is 1. The minimum atomic E-state index is -0.638. The number of carbonyl (C=O) groups excluding carboxylic acids is 4. The summed E-state index contributed by atoms with van der Waals surface area (Å²) in [4.78, 5) is 55.9. The van der Waals surface area contributed by atoms with E-state index in [0.717, 1.165) is 32.2 Å². The fourth-order valence-corrected chi connectivity index (χ4v) is 6.26. The molecule has 0 spiro atoms. The zero-order chi connectivity index (χ0) is 27.2. The van der Waals surface area contributed by atoms with E-state index in [1.807, 2.05) is 54.6 Å². The van der Waals surface area contributed by atoms with E-state index in [4.69, 9.17) is 9.47 Å². The molecule has 7 rings (SSSR count). The van der Waals surface area contributed by atoms with Gasteiger partial charge < -0.3 is 19.0 Å². The molecule has 1 unspecified atom stereocenters. The van der Waals surface area contributed by atoms with Crippen molar-refractivity contribution in [1.82, 2.24) is 14.5 Å². The molecule has 2 atom stereocenters. The Bertz CT molecular complexity index is 1980. The van der Waals surface area contributed by atoms with Crippen LogP contribution in [0.15, 0.2) is 54.6 Å². The highest BCUT2D eigenvalue weighted by molar-refractivity contribution is 6.42. The number of para-hydroxylation sites is 1. The second kappa shape index (κ2) is 8.04. The van der Waals surface area contributed by atoms with Gasteiger partial charge in [0.1, 0.15) is 11.9 Å². The maximum absolute atomic E-state index is 13.8. The van der Waals surface area contributed by atoms with Gasteiger partial charge in [-0.1, -0.05) is 24.3 Å². The van der Waals surface area contributed by atoms with Gasteiger partial charge >= 0.3 is 5.97 Å². The van der Waals surface area contributed by atoms with Crippen molar-refractivity contribution in [3.8, 4) is 5.75 Å². The third kappa shape index (κ3) is 3.07. The predicted octanol–water partition coefficient (Wildman–Crippen LogP) is 5.01. The zero-order valence-corrected chi connectivity index (χ0v) is 21.4. The Labute approximate surface area is 221 Å². The number of ether oxygens (including phenoxy) is 2. The summed E-state index contributed by atoms with van der Waals surface area (Å²) in [5.74, 6) is -1.67. The Morgan fingerprint density at radius 1 is 0.949 bits per heavy atom. The molecule has 0 bridgehead atoms. The summed E-state index contributed by atoms with van der Waals surface area (Å²) in [5.41, 5.74) is 3.47.